The molecule has 0 spiro atoms. The average Bonchev–Trinajstić information content (AvgIpc) is 1.99. The molecule has 0 fully saturated rings. The lowest BCUT2D eigenvalue weighted by atomic mass is 10.2. The third kappa shape index (κ3) is 4.68. The molecule has 0 saturated heterocycles. The number of hydrogen-bond donors (Lipinski definition) is 5. The van der Waals surface area contributed by atoms with Crippen molar-refractivity contribution < 1.29 is 20.3 Å². The minimum absolute atomic E-state index is 0.0571. The molecule has 0 aromatic carbocycles. The second-order valence-corrected chi connectivity index (χ2v) is 2.18. The normalized spacial score (nSPS) is 15.9. The van der Waals surface area contributed by atoms with Crippen molar-refractivity contribution in [2.24, 2.45) is 5.73 Å². The number of hydroxylamine groups is 1. The first-order valence-corrected chi connectivity index (χ1v) is 3.29. The first-order chi connectivity index (χ1) is 5.07. The van der Waals surface area contributed by atoms with Crippen LogP contribution in [-0.4, -0.2) is 35.9 Å². The van der Waals surface area contributed by atoms with Crippen molar-refractivity contribution in [2.45, 2.75) is 12.5 Å². The summed E-state index contributed by atoms with van der Waals surface area (Å²) >= 11 is 0. The third-order valence-corrected chi connectivity index (χ3v) is 1.30. The maximum Gasteiger partial charge on any atom is 0.320 e. The first kappa shape index (κ1) is 10.3. The minimum atomic E-state index is -1.05. The fourth-order valence-electron chi connectivity index (χ4n) is 0.541. The molecule has 0 aliphatic heterocycles. The van der Waals surface area contributed by atoms with Gasteiger partial charge in [-0.2, -0.15) is 5.21 Å². The molecule has 0 radical (unpaired) electrons. The highest BCUT2D eigenvalue weighted by molar-refractivity contribution is 5.72. The Labute approximate surface area is 64.5 Å². The van der Waals surface area contributed by atoms with E-state index in [9.17, 15) is 4.79 Å². The van der Waals surface area contributed by atoms with Gasteiger partial charge in [0.1, 0.15) is 12.6 Å². The number of carbonyl (C=O) groups is 1. The van der Waals surface area contributed by atoms with E-state index in [1.807, 2.05) is 0 Å². The quantitative estimate of drug-likeness (QED) is 0.283. The van der Waals surface area contributed by atoms with E-state index < -0.39 is 12.0 Å². The Bertz CT molecular complexity index is 130. The van der Waals surface area contributed by atoms with Crippen LogP contribution in [0.4, 0.5) is 0 Å². The van der Waals surface area contributed by atoms with E-state index in [2.05, 4.69) is 5.43 Å². The fraction of sp³-hybridized carbons (Fsp3) is 0.800. The molecule has 11 heavy (non-hydrogen) atoms. The molecule has 0 heterocycles. The standard InChI is InChI=1S/C5H13N3O3/c1-7-8(11)3-2-4(6)5(9)10/h4,7,11H,2-3,6H2,1H3,(H,9,10)/p+1. The Balaban J connectivity index is 3.45. The highest BCUT2D eigenvalue weighted by Crippen LogP contribution is 1.82. The van der Waals surface area contributed by atoms with Crippen LogP contribution in [0.2, 0.25) is 0 Å². The van der Waals surface area contributed by atoms with Gasteiger partial charge in [-0.15, -0.1) is 10.6 Å². The molecular weight excluding hydrogens is 150 g/mol. The predicted molar refractivity (Wildman–Crippen MR) is 36.9 cm³/mol. The van der Waals surface area contributed by atoms with Crippen LogP contribution in [0.1, 0.15) is 6.42 Å². The molecule has 0 aromatic heterocycles. The summed E-state index contributed by atoms with van der Waals surface area (Å²) in [5, 5.41) is 17.2. The second-order valence-electron chi connectivity index (χ2n) is 2.18. The molecule has 0 aliphatic carbocycles. The van der Waals surface area contributed by atoms with Crippen LogP contribution in [0.5, 0.6) is 0 Å². The molecule has 0 amide bonds. The lowest BCUT2D eigenvalue weighted by molar-refractivity contribution is -1.12. The van der Waals surface area contributed by atoms with E-state index in [0.29, 0.717) is 0 Å². The number of aliphatic carboxylic acids is 1. The lowest BCUT2D eigenvalue weighted by Crippen LogP contribution is -3.16. The summed E-state index contributed by atoms with van der Waals surface area (Å²) in [5.41, 5.74) is 7.65. The monoisotopic (exact) mass is 164 g/mol. The zero-order valence-corrected chi connectivity index (χ0v) is 6.37. The summed E-state index contributed by atoms with van der Waals surface area (Å²) in [7, 11) is 1.56. The van der Waals surface area contributed by atoms with Gasteiger partial charge in [0.2, 0.25) is 0 Å². The molecule has 0 bridgehead atoms. The molecule has 6 nitrogen and oxygen atoms in total. The molecule has 6 N–H and O–H groups in total. The molecule has 0 rings (SSSR count). The molecule has 0 aliphatic rings. The predicted octanol–water partition coefficient (Wildman–Crippen LogP) is -2.80. The SMILES string of the molecule is CN[NH+](O)CCC(N)C(=O)O. The summed E-state index contributed by atoms with van der Waals surface area (Å²) in [6.45, 7) is 0.268. The minimum Gasteiger partial charge on any atom is -0.480 e. The van der Waals surface area contributed by atoms with Gasteiger partial charge in [0, 0.05) is 13.5 Å². The van der Waals surface area contributed by atoms with Crippen LogP contribution in [0.3, 0.4) is 0 Å². The van der Waals surface area contributed by atoms with Gasteiger partial charge in [-0.25, -0.2) is 0 Å². The molecular formula is C5H14N3O3+. The summed E-state index contributed by atoms with van der Waals surface area (Å²) in [6.07, 6.45) is 0.238. The highest BCUT2D eigenvalue weighted by Gasteiger charge is 2.13. The van der Waals surface area contributed by atoms with Gasteiger partial charge in [-0.1, -0.05) is 0 Å². The van der Waals surface area contributed by atoms with Crippen LogP contribution in [0, 0.1) is 0 Å². The van der Waals surface area contributed by atoms with Crippen LogP contribution in [0.15, 0.2) is 0 Å². The van der Waals surface area contributed by atoms with E-state index in [0.717, 1.165) is 0 Å². The maximum atomic E-state index is 10.2. The van der Waals surface area contributed by atoms with Crippen molar-refractivity contribution in [3.8, 4) is 0 Å². The van der Waals surface area contributed by atoms with Crippen molar-refractivity contribution in [2.75, 3.05) is 13.6 Å². The smallest absolute Gasteiger partial charge is 0.320 e. The van der Waals surface area contributed by atoms with E-state index in [1.165, 1.54) is 0 Å². The maximum absolute atomic E-state index is 10.2. The van der Waals surface area contributed by atoms with Gasteiger partial charge >= 0.3 is 5.97 Å². The van der Waals surface area contributed by atoms with Gasteiger partial charge in [0.15, 0.2) is 0 Å². The molecule has 6 heteroatoms. The van der Waals surface area contributed by atoms with Crippen LogP contribution < -0.4 is 16.3 Å². The van der Waals surface area contributed by atoms with Gasteiger partial charge in [0.25, 0.3) is 0 Å². The fourth-order valence-corrected chi connectivity index (χ4v) is 0.541. The summed E-state index contributed by atoms with van der Waals surface area (Å²) < 4.78 is 0. The van der Waals surface area contributed by atoms with Gasteiger partial charge in [-0.3, -0.25) is 4.79 Å². The Kier molecular flexibility index (Phi) is 4.71. The number of carboxylic acids is 1. The van der Waals surface area contributed by atoms with Gasteiger partial charge < -0.3 is 10.8 Å². The number of nitrogens with two attached hydrogens (primary N) is 1. The Hall–Kier alpha value is -0.690. The van der Waals surface area contributed by atoms with Crippen LogP contribution in [0.25, 0.3) is 0 Å². The third-order valence-electron chi connectivity index (χ3n) is 1.30. The topological polar surface area (TPSA) is 100 Å². The molecule has 0 saturated carbocycles. The average molecular weight is 164 g/mol. The number of hydrogen-bond acceptors (Lipinski definition) is 4. The first-order valence-electron chi connectivity index (χ1n) is 3.29. The van der Waals surface area contributed by atoms with Crippen molar-refractivity contribution >= 4 is 5.97 Å². The molecule has 2 unspecified atom stereocenters. The van der Waals surface area contributed by atoms with Crippen molar-refractivity contribution in [3.05, 3.63) is 0 Å². The summed E-state index contributed by atoms with van der Waals surface area (Å²) in [4.78, 5) is 10.2. The second kappa shape index (κ2) is 5.03. The summed E-state index contributed by atoms with van der Waals surface area (Å²) in [6, 6.07) is -0.898. The van der Waals surface area contributed by atoms with Gasteiger partial charge in [0.05, 0.1) is 0 Å². The Morgan fingerprint density at radius 1 is 1.82 bits per heavy atom. The van der Waals surface area contributed by atoms with Crippen molar-refractivity contribution in [1.82, 2.24) is 5.43 Å². The van der Waals surface area contributed by atoms with E-state index in [-0.39, 0.29) is 18.1 Å². The van der Waals surface area contributed by atoms with E-state index in [4.69, 9.17) is 16.0 Å². The zero-order valence-electron chi connectivity index (χ0n) is 6.37. The highest BCUT2D eigenvalue weighted by atomic mass is 16.5. The Morgan fingerprint density at radius 2 is 2.36 bits per heavy atom. The molecule has 0 aromatic rings. The van der Waals surface area contributed by atoms with E-state index >= 15 is 0 Å². The number of carboxylic acid groups (broad SMARTS) is 1. The van der Waals surface area contributed by atoms with Gasteiger partial charge in [-0.05, 0) is 0 Å². The van der Waals surface area contributed by atoms with Crippen LogP contribution >= 0.6 is 0 Å². The number of rotatable bonds is 5. The van der Waals surface area contributed by atoms with Crippen molar-refractivity contribution in [3.63, 3.8) is 0 Å². The largest absolute Gasteiger partial charge is 0.480 e. The Morgan fingerprint density at radius 3 is 2.73 bits per heavy atom. The lowest BCUT2D eigenvalue weighted by Gasteiger charge is -2.09. The van der Waals surface area contributed by atoms with E-state index in [1.54, 1.807) is 7.05 Å². The zero-order chi connectivity index (χ0) is 8.85. The number of nitrogens with one attached hydrogen (secondary N) is 2. The number of quaternary nitrogens is 1. The molecule has 66 valence electrons. The van der Waals surface area contributed by atoms with Crippen LogP contribution in [-0.2, 0) is 4.79 Å². The van der Waals surface area contributed by atoms with Crippen molar-refractivity contribution in [1.29, 1.82) is 0 Å². The molecule has 2 atom stereocenters. The summed E-state index contributed by atoms with van der Waals surface area (Å²) in [5.74, 6) is -1.05.